The van der Waals surface area contributed by atoms with Crippen molar-refractivity contribution in [3.8, 4) is 5.75 Å². The van der Waals surface area contributed by atoms with Crippen molar-refractivity contribution >= 4 is 5.91 Å². The Morgan fingerprint density at radius 3 is 2.68 bits per heavy atom. The molecule has 3 atom stereocenters. The van der Waals surface area contributed by atoms with Gasteiger partial charge in [-0.1, -0.05) is 6.07 Å². The number of carbonyl (C=O) groups excluding carboxylic acids is 1. The van der Waals surface area contributed by atoms with Gasteiger partial charge in [0.05, 0.1) is 6.10 Å². The van der Waals surface area contributed by atoms with Gasteiger partial charge in [-0.05, 0) is 39.3 Å². The van der Waals surface area contributed by atoms with E-state index in [1.165, 1.54) is 18.2 Å². The minimum absolute atomic E-state index is 0.147. The smallest absolute Gasteiger partial charge is 0.260 e. The molecule has 1 aromatic carbocycles. The monoisotopic (exact) mass is 269 g/mol. The molecule has 0 heterocycles. The fourth-order valence-electron chi connectivity index (χ4n) is 1.73. The SMILES string of the molecule is CC(O)CC(C)NC(=O)C(C)Oc1cccc(F)c1. The zero-order valence-corrected chi connectivity index (χ0v) is 11.4. The van der Waals surface area contributed by atoms with E-state index in [4.69, 9.17) is 4.74 Å². The molecule has 1 amide bonds. The van der Waals surface area contributed by atoms with Gasteiger partial charge in [-0.25, -0.2) is 4.39 Å². The Bertz CT molecular complexity index is 423. The number of amides is 1. The summed E-state index contributed by atoms with van der Waals surface area (Å²) in [6, 6.07) is 5.49. The number of hydrogen-bond acceptors (Lipinski definition) is 3. The van der Waals surface area contributed by atoms with Crippen molar-refractivity contribution in [3.63, 3.8) is 0 Å². The van der Waals surface area contributed by atoms with Crippen LogP contribution in [0.2, 0.25) is 0 Å². The second-order valence-electron chi connectivity index (χ2n) is 4.71. The zero-order valence-electron chi connectivity index (χ0n) is 11.4. The van der Waals surface area contributed by atoms with E-state index in [-0.39, 0.29) is 11.9 Å². The lowest BCUT2D eigenvalue weighted by Gasteiger charge is -2.19. The van der Waals surface area contributed by atoms with Gasteiger partial charge in [-0.2, -0.15) is 0 Å². The Hall–Kier alpha value is -1.62. The maximum atomic E-state index is 13.0. The lowest BCUT2D eigenvalue weighted by Crippen LogP contribution is -2.42. The standard InChI is InChI=1S/C14H20FNO3/c1-9(7-10(2)17)16-14(18)11(3)19-13-6-4-5-12(15)8-13/h4-6,8-11,17H,7H2,1-3H3,(H,16,18). The normalized spacial score (nSPS) is 15.4. The number of aliphatic hydroxyl groups excluding tert-OH is 1. The molecule has 1 aromatic rings. The van der Waals surface area contributed by atoms with Crippen LogP contribution in [0.15, 0.2) is 24.3 Å². The molecule has 0 bridgehead atoms. The van der Waals surface area contributed by atoms with Crippen molar-refractivity contribution in [2.75, 3.05) is 0 Å². The summed E-state index contributed by atoms with van der Waals surface area (Å²) < 4.78 is 18.3. The summed E-state index contributed by atoms with van der Waals surface area (Å²) in [4.78, 5) is 11.8. The number of carbonyl (C=O) groups is 1. The van der Waals surface area contributed by atoms with Gasteiger partial charge in [0.15, 0.2) is 6.10 Å². The van der Waals surface area contributed by atoms with Gasteiger partial charge in [-0.3, -0.25) is 4.79 Å². The van der Waals surface area contributed by atoms with Crippen LogP contribution in [-0.4, -0.2) is 29.3 Å². The highest BCUT2D eigenvalue weighted by atomic mass is 19.1. The van der Waals surface area contributed by atoms with E-state index in [2.05, 4.69) is 5.32 Å². The molecule has 0 aromatic heterocycles. The number of nitrogens with one attached hydrogen (secondary N) is 1. The van der Waals surface area contributed by atoms with Gasteiger partial charge in [-0.15, -0.1) is 0 Å². The summed E-state index contributed by atoms with van der Waals surface area (Å²) in [6.07, 6.45) is -0.730. The van der Waals surface area contributed by atoms with Crippen molar-refractivity contribution in [3.05, 3.63) is 30.1 Å². The topological polar surface area (TPSA) is 58.6 Å². The Morgan fingerprint density at radius 2 is 2.11 bits per heavy atom. The molecular formula is C14H20FNO3. The lowest BCUT2D eigenvalue weighted by atomic mass is 10.1. The summed E-state index contributed by atoms with van der Waals surface area (Å²) in [6.45, 7) is 5.06. The number of halogens is 1. The van der Waals surface area contributed by atoms with Crippen LogP contribution in [0.3, 0.4) is 0 Å². The number of benzene rings is 1. The minimum Gasteiger partial charge on any atom is -0.481 e. The van der Waals surface area contributed by atoms with Crippen LogP contribution in [0.25, 0.3) is 0 Å². The zero-order chi connectivity index (χ0) is 14.4. The van der Waals surface area contributed by atoms with E-state index in [1.54, 1.807) is 26.8 Å². The quantitative estimate of drug-likeness (QED) is 0.829. The molecule has 0 aliphatic carbocycles. The largest absolute Gasteiger partial charge is 0.481 e. The van der Waals surface area contributed by atoms with E-state index >= 15 is 0 Å². The van der Waals surface area contributed by atoms with Crippen molar-refractivity contribution < 1.29 is 19.0 Å². The van der Waals surface area contributed by atoms with Crippen molar-refractivity contribution in [1.29, 1.82) is 0 Å². The third-order valence-corrected chi connectivity index (χ3v) is 2.56. The molecule has 3 unspecified atom stereocenters. The molecule has 1 rings (SSSR count). The highest BCUT2D eigenvalue weighted by Gasteiger charge is 2.17. The van der Waals surface area contributed by atoms with E-state index in [0.717, 1.165) is 0 Å². The van der Waals surface area contributed by atoms with Gasteiger partial charge in [0.2, 0.25) is 0 Å². The number of rotatable bonds is 6. The van der Waals surface area contributed by atoms with Crippen LogP contribution in [0.5, 0.6) is 5.75 Å². The second-order valence-corrected chi connectivity index (χ2v) is 4.71. The van der Waals surface area contributed by atoms with Crippen LogP contribution in [0.4, 0.5) is 4.39 Å². The fourth-order valence-corrected chi connectivity index (χ4v) is 1.73. The third kappa shape index (κ3) is 5.70. The Kier molecular flexibility index (Phi) is 5.76. The Morgan fingerprint density at radius 1 is 1.42 bits per heavy atom. The van der Waals surface area contributed by atoms with E-state index < -0.39 is 18.0 Å². The number of aliphatic hydroxyl groups is 1. The molecule has 2 N–H and O–H groups in total. The van der Waals surface area contributed by atoms with Gasteiger partial charge in [0.1, 0.15) is 11.6 Å². The van der Waals surface area contributed by atoms with Gasteiger partial charge >= 0.3 is 0 Å². The highest BCUT2D eigenvalue weighted by Crippen LogP contribution is 2.13. The number of ether oxygens (including phenoxy) is 1. The summed E-state index contributed by atoms with van der Waals surface area (Å²) in [5, 5.41) is 11.9. The first kappa shape index (κ1) is 15.4. The molecule has 0 radical (unpaired) electrons. The maximum absolute atomic E-state index is 13.0. The molecule has 19 heavy (non-hydrogen) atoms. The first-order valence-corrected chi connectivity index (χ1v) is 6.29. The van der Waals surface area contributed by atoms with Crippen LogP contribution >= 0.6 is 0 Å². The van der Waals surface area contributed by atoms with Crippen molar-refractivity contribution in [1.82, 2.24) is 5.32 Å². The molecule has 5 heteroatoms. The van der Waals surface area contributed by atoms with Crippen LogP contribution in [0.1, 0.15) is 27.2 Å². The minimum atomic E-state index is -0.724. The summed E-state index contributed by atoms with van der Waals surface area (Å²) in [5.74, 6) is -0.393. The second kappa shape index (κ2) is 7.09. The lowest BCUT2D eigenvalue weighted by molar-refractivity contribution is -0.128. The average molecular weight is 269 g/mol. The van der Waals surface area contributed by atoms with E-state index in [9.17, 15) is 14.3 Å². The highest BCUT2D eigenvalue weighted by molar-refractivity contribution is 5.80. The van der Waals surface area contributed by atoms with Gasteiger partial charge in [0, 0.05) is 12.1 Å². The molecule has 0 saturated carbocycles. The third-order valence-electron chi connectivity index (χ3n) is 2.56. The molecule has 0 saturated heterocycles. The predicted octanol–water partition coefficient (Wildman–Crippen LogP) is 1.87. The van der Waals surface area contributed by atoms with Crippen molar-refractivity contribution in [2.24, 2.45) is 0 Å². The van der Waals surface area contributed by atoms with Crippen LogP contribution in [0, 0.1) is 5.82 Å². The van der Waals surface area contributed by atoms with E-state index in [1.807, 2.05) is 0 Å². The molecule has 4 nitrogen and oxygen atoms in total. The van der Waals surface area contributed by atoms with Crippen molar-refractivity contribution in [2.45, 2.75) is 45.4 Å². The molecule has 0 aliphatic heterocycles. The van der Waals surface area contributed by atoms with Gasteiger partial charge in [0.25, 0.3) is 5.91 Å². The molecule has 0 aliphatic rings. The molecule has 0 fully saturated rings. The summed E-state index contributed by atoms with van der Waals surface area (Å²) >= 11 is 0. The Balaban J connectivity index is 2.49. The summed E-state index contributed by atoms with van der Waals surface area (Å²) in [7, 11) is 0. The van der Waals surface area contributed by atoms with Crippen LogP contribution in [-0.2, 0) is 4.79 Å². The van der Waals surface area contributed by atoms with E-state index in [0.29, 0.717) is 12.2 Å². The van der Waals surface area contributed by atoms with Crippen LogP contribution < -0.4 is 10.1 Å². The van der Waals surface area contributed by atoms with Gasteiger partial charge < -0.3 is 15.2 Å². The summed E-state index contributed by atoms with van der Waals surface area (Å²) in [5.41, 5.74) is 0. The average Bonchev–Trinajstić information content (AvgIpc) is 2.27. The first-order chi connectivity index (χ1) is 8.88. The Labute approximate surface area is 112 Å². The maximum Gasteiger partial charge on any atom is 0.260 e. The predicted molar refractivity (Wildman–Crippen MR) is 70.4 cm³/mol. The molecule has 106 valence electrons. The molecule has 0 spiro atoms. The fraction of sp³-hybridized carbons (Fsp3) is 0.500. The molecular weight excluding hydrogens is 249 g/mol. The number of hydrogen-bond donors (Lipinski definition) is 2. The first-order valence-electron chi connectivity index (χ1n) is 6.29.